The van der Waals surface area contributed by atoms with Crippen LogP contribution in [0.15, 0.2) is 11.3 Å². The van der Waals surface area contributed by atoms with E-state index in [4.69, 9.17) is 0 Å². The largest absolute Gasteiger partial charge is 0.375 e. The molecular formula is C6H11N3. The average molecular weight is 125 g/mol. The number of hydrogen-bond donors (Lipinski definition) is 3. The predicted octanol–water partition coefficient (Wildman–Crippen LogP) is -1.01. The Labute approximate surface area is 54.5 Å². The molecule has 2 aliphatic heterocycles. The highest BCUT2D eigenvalue weighted by molar-refractivity contribution is 5.23. The zero-order valence-electron chi connectivity index (χ0n) is 5.33. The van der Waals surface area contributed by atoms with E-state index in [9.17, 15) is 0 Å². The van der Waals surface area contributed by atoms with Crippen molar-refractivity contribution in [1.82, 2.24) is 16.0 Å². The van der Waals surface area contributed by atoms with Gasteiger partial charge >= 0.3 is 0 Å². The Morgan fingerprint density at radius 2 is 1.89 bits per heavy atom. The molecule has 0 saturated carbocycles. The van der Waals surface area contributed by atoms with Crippen molar-refractivity contribution >= 4 is 0 Å². The van der Waals surface area contributed by atoms with Gasteiger partial charge in [-0.05, 0) is 5.57 Å². The van der Waals surface area contributed by atoms with E-state index in [2.05, 4.69) is 16.0 Å². The van der Waals surface area contributed by atoms with Gasteiger partial charge in [0.25, 0.3) is 0 Å². The second-order valence-electron chi connectivity index (χ2n) is 2.47. The van der Waals surface area contributed by atoms with E-state index in [1.807, 2.05) is 0 Å². The SMILES string of the molecule is C1NCC2=C(CNC2)N1. The summed E-state index contributed by atoms with van der Waals surface area (Å²) in [5.41, 5.74) is 2.91. The molecule has 3 heteroatoms. The average Bonchev–Trinajstić information content (AvgIpc) is 2.33. The lowest BCUT2D eigenvalue weighted by atomic mass is 10.2. The lowest BCUT2D eigenvalue weighted by molar-refractivity contribution is 0.623. The summed E-state index contributed by atoms with van der Waals surface area (Å²) in [6.07, 6.45) is 0. The van der Waals surface area contributed by atoms with Crippen molar-refractivity contribution in [3.05, 3.63) is 11.3 Å². The summed E-state index contributed by atoms with van der Waals surface area (Å²) < 4.78 is 0. The first-order valence-electron chi connectivity index (χ1n) is 3.33. The van der Waals surface area contributed by atoms with Crippen molar-refractivity contribution in [2.75, 3.05) is 26.3 Å². The fourth-order valence-corrected chi connectivity index (χ4v) is 1.31. The van der Waals surface area contributed by atoms with Crippen molar-refractivity contribution in [3.63, 3.8) is 0 Å². The Hall–Kier alpha value is -0.540. The zero-order valence-corrected chi connectivity index (χ0v) is 5.33. The molecule has 0 aromatic heterocycles. The van der Waals surface area contributed by atoms with Gasteiger partial charge < -0.3 is 10.6 Å². The monoisotopic (exact) mass is 125 g/mol. The van der Waals surface area contributed by atoms with Gasteiger partial charge in [-0.25, -0.2) is 0 Å². The maximum Gasteiger partial charge on any atom is 0.0653 e. The van der Waals surface area contributed by atoms with E-state index >= 15 is 0 Å². The third-order valence-electron chi connectivity index (χ3n) is 1.83. The van der Waals surface area contributed by atoms with Gasteiger partial charge in [-0.1, -0.05) is 0 Å². The maximum absolute atomic E-state index is 3.29. The number of nitrogens with one attached hydrogen (secondary N) is 3. The van der Waals surface area contributed by atoms with Crippen LogP contribution in [0.1, 0.15) is 0 Å². The van der Waals surface area contributed by atoms with Crippen LogP contribution in [0.4, 0.5) is 0 Å². The van der Waals surface area contributed by atoms with Crippen molar-refractivity contribution in [2.45, 2.75) is 0 Å². The van der Waals surface area contributed by atoms with Gasteiger partial charge in [-0.15, -0.1) is 0 Å². The van der Waals surface area contributed by atoms with E-state index in [0.717, 1.165) is 26.3 Å². The second-order valence-corrected chi connectivity index (χ2v) is 2.47. The molecule has 0 bridgehead atoms. The zero-order chi connectivity index (χ0) is 6.10. The van der Waals surface area contributed by atoms with Crippen LogP contribution in [0.3, 0.4) is 0 Å². The Balaban J connectivity index is 2.17. The molecule has 9 heavy (non-hydrogen) atoms. The molecule has 0 unspecified atom stereocenters. The minimum Gasteiger partial charge on any atom is -0.375 e. The number of rotatable bonds is 0. The van der Waals surface area contributed by atoms with E-state index in [-0.39, 0.29) is 0 Å². The quantitative estimate of drug-likeness (QED) is 0.388. The molecule has 2 heterocycles. The molecule has 50 valence electrons. The normalized spacial score (nSPS) is 25.8. The van der Waals surface area contributed by atoms with Crippen LogP contribution in [0.5, 0.6) is 0 Å². The van der Waals surface area contributed by atoms with Crippen molar-refractivity contribution < 1.29 is 0 Å². The van der Waals surface area contributed by atoms with Crippen LogP contribution < -0.4 is 16.0 Å². The Morgan fingerprint density at radius 3 is 2.78 bits per heavy atom. The summed E-state index contributed by atoms with van der Waals surface area (Å²) in [5, 5.41) is 9.82. The molecule has 0 aromatic rings. The third-order valence-corrected chi connectivity index (χ3v) is 1.83. The predicted molar refractivity (Wildman–Crippen MR) is 35.9 cm³/mol. The molecule has 3 N–H and O–H groups in total. The molecule has 0 atom stereocenters. The smallest absolute Gasteiger partial charge is 0.0653 e. The Kier molecular flexibility index (Phi) is 1.17. The molecule has 2 aliphatic rings. The fourth-order valence-electron chi connectivity index (χ4n) is 1.31. The van der Waals surface area contributed by atoms with E-state index in [1.165, 1.54) is 11.3 Å². The van der Waals surface area contributed by atoms with Crippen LogP contribution in [-0.2, 0) is 0 Å². The van der Waals surface area contributed by atoms with Gasteiger partial charge in [0.2, 0.25) is 0 Å². The highest BCUT2D eigenvalue weighted by atomic mass is 15.1. The van der Waals surface area contributed by atoms with Crippen LogP contribution in [0.25, 0.3) is 0 Å². The van der Waals surface area contributed by atoms with Crippen molar-refractivity contribution in [1.29, 1.82) is 0 Å². The topological polar surface area (TPSA) is 36.1 Å². The van der Waals surface area contributed by atoms with Gasteiger partial charge in [0.15, 0.2) is 0 Å². The van der Waals surface area contributed by atoms with Crippen molar-refractivity contribution in [3.8, 4) is 0 Å². The summed E-state index contributed by atoms with van der Waals surface area (Å²) >= 11 is 0. The minimum atomic E-state index is 0.931. The summed E-state index contributed by atoms with van der Waals surface area (Å²) in [6.45, 7) is 4.10. The molecule has 0 aliphatic carbocycles. The lowest BCUT2D eigenvalue weighted by Crippen LogP contribution is -2.36. The molecule has 0 saturated heterocycles. The fraction of sp³-hybridized carbons (Fsp3) is 0.667. The standard InChI is InChI=1S/C6H11N3/c1-5-2-8-4-9-6(5)3-7-1/h7-9H,1-4H2. The highest BCUT2D eigenvalue weighted by Crippen LogP contribution is 2.06. The first kappa shape index (κ1) is 5.26. The van der Waals surface area contributed by atoms with Gasteiger partial charge in [-0.3, -0.25) is 5.32 Å². The van der Waals surface area contributed by atoms with Crippen LogP contribution in [0, 0.1) is 0 Å². The summed E-state index contributed by atoms with van der Waals surface area (Å²) in [7, 11) is 0. The molecule has 0 fully saturated rings. The molecule has 0 spiro atoms. The van der Waals surface area contributed by atoms with E-state index < -0.39 is 0 Å². The van der Waals surface area contributed by atoms with Crippen LogP contribution >= 0.6 is 0 Å². The number of hydrogen-bond acceptors (Lipinski definition) is 3. The molecule has 2 rings (SSSR count). The Bertz CT molecular complexity index is 134. The third kappa shape index (κ3) is 0.821. The van der Waals surface area contributed by atoms with Crippen LogP contribution in [0.2, 0.25) is 0 Å². The van der Waals surface area contributed by atoms with Crippen molar-refractivity contribution in [2.24, 2.45) is 0 Å². The highest BCUT2D eigenvalue weighted by Gasteiger charge is 2.15. The van der Waals surface area contributed by atoms with E-state index in [1.54, 1.807) is 0 Å². The van der Waals surface area contributed by atoms with E-state index in [0.29, 0.717) is 0 Å². The van der Waals surface area contributed by atoms with Gasteiger partial charge in [0.1, 0.15) is 0 Å². The van der Waals surface area contributed by atoms with Gasteiger partial charge in [0.05, 0.1) is 6.67 Å². The minimum absolute atomic E-state index is 0.931. The summed E-state index contributed by atoms with van der Waals surface area (Å²) in [5.74, 6) is 0. The Morgan fingerprint density at radius 1 is 1.00 bits per heavy atom. The molecular weight excluding hydrogens is 114 g/mol. The first-order valence-corrected chi connectivity index (χ1v) is 3.33. The van der Waals surface area contributed by atoms with Gasteiger partial charge in [-0.2, -0.15) is 0 Å². The maximum atomic E-state index is 3.29. The lowest BCUT2D eigenvalue weighted by Gasteiger charge is -2.16. The summed E-state index contributed by atoms with van der Waals surface area (Å²) in [4.78, 5) is 0. The summed E-state index contributed by atoms with van der Waals surface area (Å²) in [6, 6.07) is 0. The molecule has 0 aromatic carbocycles. The second kappa shape index (κ2) is 2.01. The molecule has 3 nitrogen and oxygen atoms in total. The van der Waals surface area contributed by atoms with Crippen LogP contribution in [-0.4, -0.2) is 26.3 Å². The molecule has 0 amide bonds. The van der Waals surface area contributed by atoms with Gasteiger partial charge in [0, 0.05) is 25.3 Å². The molecule has 0 radical (unpaired) electrons. The first-order chi connectivity index (χ1) is 4.47.